The van der Waals surface area contributed by atoms with Gasteiger partial charge in [0.1, 0.15) is 5.82 Å². The molecule has 1 atom stereocenters. The molecule has 0 bridgehead atoms. The van der Waals surface area contributed by atoms with Crippen molar-refractivity contribution in [3.05, 3.63) is 63.6 Å². The maximum atomic E-state index is 12.9. The summed E-state index contributed by atoms with van der Waals surface area (Å²) in [5.74, 6) is -0.335. The molecule has 0 amide bonds. The Bertz CT molecular complexity index is 573. The van der Waals surface area contributed by atoms with E-state index in [1.54, 1.807) is 12.1 Å². The summed E-state index contributed by atoms with van der Waals surface area (Å²) in [6.07, 6.45) is 1.94. The van der Waals surface area contributed by atoms with Crippen LogP contribution in [0.4, 0.5) is 4.39 Å². The van der Waals surface area contributed by atoms with Crippen LogP contribution in [-0.4, -0.2) is 11.5 Å². The lowest BCUT2D eigenvalue weighted by Gasteiger charge is -2.17. The summed E-state index contributed by atoms with van der Waals surface area (Å²) in [6, 6.07) is 8.68. The molecule has 1 unspecified atom stereocenters. The van der Waals surface area contributed by atoms with Gasteiger partial charge in [-0.3, -0.25) is 4.98 Å². The number of nitrogens with one attached hydrogen (secondary N) is 1. The van der Waals surface area contributed by atoms with Gasteiger partial charge in [0, 0.05) is 0 Å². The highest BCUT2D eigenvalue weighted by Gasteiger charge is 2.13. The van der Waals surface area contributed by atoms with Crippen molar-refractivity contribution in [1.82, 2.24) is 10.3 Å². The smallest absolute Gasteiger partial charge is 0.141 e. The Labute approximate surface area is 127 Å². The van der Waals surface area contributed by atoms with Crippen molar-refractivity contribution in [1.29, 1.82) is 0 Å². The van der Waals surface area contributed by atoms with Crippen LogP contribution in [0, 0.1) is 5.82 Å². The highest BCUT2D eigenvalue weighted by molar-refractivity contribution is 6.42. The van der Waals surface area contributed by atoms with Crippen molar-refractivity contribution in [2.45, 2.75) is 19.4 Å². The van der Waals surface area contributed by atoms with Gasteiger partial charge >= 0.3 is 0 Å². The van der Waals surface area contributed by atoms with E-state index < -0.39 is 0 Å². The van der Waals surface area contributed by atoms with E-state index in [4.69, 9.17) is 23.2 Å². The Morgan fingerprint density at radius 2 is 2.00 bits per heavy atom. The van der Waals surface area contributed by atoms with Crippen molar-refractivity contribution >= 4 is 23.2 Å². The molecular formula is C15H15Cl2FN2. The van der Waals surface area contributed by atoms with Crippen molar-refractivity contribution < 1.29 is 4.39 Å². The molecule has 1 N–H and O–H groups in total. The average molecular weight is 313 g/mol. The number of pyridine rings is 1. The summed E-state index contributed by atoms with van der Waals surface area (Å²) in [7, 11) is 0. The fraction of sp³-hybridized carbons (Fsp3) is 0.267. The van der Waals surface area contributed by atoms with Crippen LogP contribution < -0.4 is 5.32 Å². The Morgan fingerprint density at radius 3 is 2.60 bits per heavy atom. The second-order valence-electron chi connectivity index (χ2n) is 4.46. The van der Waals surface area contributed by atoms with Gasteiger partial charge in [0.2, 0.25) is 0 Å². The topological polar surface area (TPSA) is 24.9 Å². The third kappa shape index (κ3) is 3.92. The van der Waals surface area contributed by atoms with E-state index in [1.165, 1.54) is 12.3 Å². The van der Waals surface area contributed by atoms with E-state index in [-0.39, 0.29) is 11.9 Å². The van der Waals surface area contributed by atoms with E-state index >= 15 is 0 Å². The zero-order chi connectivity index (χ0) is 14.5. The van der Waals surface area contributed by atoms with Crippen LogP contribution >= 0.6 is 23.2 Å². The first-order chi connectivity index (χ1) is 9.60. The minimum Gasteiger partial charge on any atom is -0.309 e. The number of likely N-dealkylation sites (N-methyl/N-ethyl adjacent to an activating group) is 1. The first-order valence-electron chi connectivity index (χ1n) is 6.39. The number of nitrogens with zero attached hydrogens (tertiary/aromatic N) is 1. The summed E-state index contributed by atoms with van der Waals surface area (Å²) in [4.78, 5) is 4.14. The second-order valence-corrected chi connectivity index (χ2v) is 5.28. The summed E-state index contributed by atoms with van der Waals surface area (Å²) in [5.41, 5.74) is 1.86. The molecule has 20 heavy (non-hydrogen) atoms. The predicted molar refractivity (Wildman–Crippen MR) is 80.8 cm³/mol. The summed E-state index contributed by atoms with van der Waals surface area (Å²) >= 11 is 11.9. The van der Waals surface area contributed by atoms with Gasteiger partial charge in [-0.1, -0.05) is 36.2 Å². The number of aromatic nitrogens is 1. The lowest BCUT2D eigenvalue weighted by atomic mass is 10.0. The van der Waals surface area contributed by atoms with Gasteiger partial charge in [0.05, 0.1) is 28.0 Å². The number of rotatable bonds is 5. The molecule has 0 aliphatic carbocycles. The Morgan fingerprint density at radius 1 is 1.20 bits per heavy atom. The quantitative estimate of drug-likeness (QED) is 0.884. The summed E-state index contributed by atoms with van der Waals surface area (Å²) in [6.45, 7) is 2.82. The number of benzene rings is 1. The normalized spacial score (nSPS) is 12.4. The molecule has 0 fully saturated rings. The lowest BCUT2D eigenvalue weighted by Crippen LogP contribution is -2.23. The Kier molecular flexibility index (Phi) is 5.35. The molecular weight excluding hydrogens is 298 g/mol. The molecule has 1 aromatic carbocycles. The van der Waals surface area contributed by atoms with E-state index in [1.807, 2.05) is 19.1 Å². The van der Waals surface area contributed by atoms with Crippen LogP contribution in [0.5, 0.6) is 0 Å². The molecule has 106 valence electrons. The molecule has 0 saturated heterocycles. The van der Waals surface area contributed by atoms with Crippen LogP contribution in [0.15, 0.2) is 36.5 Å². The minimum atomic E-state index is -0.335. The molecule has 1 aromatic heterocycles. The molecule has 0 saturated carbocycles. The highest BCUT2D eigenvalue weighted by Crippen LogP contribution is 2.25. The van der Waals surface area contributed by atoms with Gasteiger partial charge in [-0.15, -0.1) is 0 Å². The lowest BCUT2D eigenvalue weighted by molar-refractivity contribution is 0.532. The molecule has 0 radical (unpaired) electrons. The molecule has 0 aliphatic rings. The molecule has 1 heterocycles. The van der Waals surface area contributed by atoms with E-state index in [9.17, 15) is 4.39 Å². The van der Waals surface area contributed by atoms with Crippen molar-refractivity contribution in [3.63, 3.8) is 0 Å². The fourth-order valence-electron chi connectivity index (χ4n) is 2.02. The monoisotopic (exact) mass is 312 g/mol. The maximum Gasteiger partial charge on any atom is 0.141 e. The van der Waals surface area contributed by atoms with Gasteiger partial charge in [-0.2, -0.15) is 0 Å². The fourth-order valence-corrected chi connectivity index (χ4v) is 2.34. The van der Waals surface area contributed by atoms with Crippen molar-refractivity contribution in [2.75, 3.05) is 6.54 Å². The molecule has 0 aliphatic heterocycles. The van der Waals surface area contributed by atoms with Gasteiger partial charge in [-0.25, -0.2) is 4.39 Å². The minimum absolute atomic E-state index is 0.0119. The van der Waals surface area contributed by atoms with Gasteiger partial charge in [0.15, 0.2) is 0 Å². The van der Waals surface area contributed by atoms with Crippen molar-refractivity contribution in [2.24, 2.45) is 0 Å². The third-order valence-electron chi connectivity index (χ3n) is 2.98. The standard InChI is InChI=1S/C15H15Cl2FN2/c1-2-19-15(14-6-4-11(18)9-20-14)8-10-3-5-12(16)13(17)7-10/h3-7,9,15,19H,2,8H2,1H3. The van der Waals surface area contributed by atoms with Crippen LogP contribution in [0.1, 0.15) is 24.2 Å². The van der Waals surface area contributed by atoms with E-state index in [0.29, 0.717) is 16.5 Å². The highest BCUT2D eigenvalue weighted by atomic mass is 35.5. The van der Waals surface area contributed by atoms with Gasteiger partial charge in [-0.05, 0) is 42.8 Å². The Hall–Kier alpha value is -1.16. The van der Waals surface area contributed by atoms with Gasteiger partial charge < -0.3 is 5.32 Å². The zero-order valence-electron chi connectivity index (χ0n) is 11.0. The van der Waals surface area contributed by atoms with Crippen LogP contribution in [0.2, 0.25) is 10.0 Å². The largest absolute Gasteiger partial charge is 0.309 e. The molecule has 2 nitrogen and oxygen atoms in total. The maximum absolute atomic E-state index is 12.9. The van der Waals surface area contributed by atoms with Gasteiger partial charge in [0.25, 0.3) is 0 Å². The second kappa shape index (κ2) is 7.02. The first-order valence-corrected chi connectivity index (χ1v) is 7.14. The average Bonchev–Trinajstić information content (AvgIpc) is 2.43. The number of halogens is 3. The number of hydrogen-bond acceptors (Lipinski definition) is 2. The third-order valence-corrected chi connectivity index (χ3v) is 3.72. The van der Waals surface area contributed by atoms with Crippen molar-refractivity contribution in [3.8, 4) is 0 Å². The first kappa shape index (κ1) is 15.2. The zero-order valence-corrected chi connectivity index (χ0v) is 12.5. The summed E-state index contributed by atoms with van der Waals surface area (Å²) in [5, 5.41) is 4.41. The number of hydrogen-bond donors (Lipinski definition) is 1. The molecule has 2 rings (SSSR count). The van der Waals surface area contributed by atoms with E-state index in [2.05, 4.69) is 10.3 Å². The predicted octanol–water partition coefficient (Wildman–Crippen LogP) is 4.42. The molecule has 2 aromatic rings. The SMILES string of the molecule is CCNC(Cc1ccc(Cl)c(Cl)c1)c1ccc(F)cn1. The molecule has 0 spiro atoms. The van der Waals surface area contributed by atoms with E-state index in [0.717, 1.165) is 17.8 Å². The summed E-state index contributed by atoms with van der Waals surface area (Å²) < 4.78 is 12.9. The van der Waals surface area contributed by atoms with Crippen LogP contribution in [-0.2, 0) is 6.42 Å². The van der Waals surface area contributed by atoms with Crippen LogP contribution in [0.3, 0.4) is 0 Å². The molecule has 5 heteroatoms. The Balaban J connectivity index is 2.20. The van der Waals surface area contributed by atoms with Crippen LogP contribution in [0.25, 0.3) is 0 Å².